The second kappa shape index (κ2) is 4.92. The predicted octanol–water partition coefficient (Wildman–Crippen LogP) is 0.744. The number of carbonyl (C=O) groups excluding carboxylic acids is 2. The Hall–Kier alpha value is -2.44. The molecule has 0 aliphatic carbocycles. The Balaban J connectivity index is 1.80. The molecule has 1 saturated heterocycles. The van der Waals surface area contributed by atoms with Crippen molar-refractivity contribution in [1.82, 2.24) is 15.2 Å². The Labute approximate surface area is 114 Å². The Bertz CT molecular complexity index is 666. The molecule has 104 valence electrons. The molecule has 2 heterocycles. The number of benzene rings is 1. The lowest BCUT2D eigenvalue weighted by molar-refractivity contribution is -0.145. The van der Waals surface area contributed by atoms with Gasteiger partial charge in [-0.05, 0) is 16.4 Å². The Kier molecular flexibility index (Phi) is 3.09. The minimum Gasteiger partial charge on any atom is -0.469 e. The Morgan fingerprint density at radius 3 is 3.15 bits per heavy atom. The van der Waals surface area contributed by atoms with E-state index in [1.165, 1.54) is 7.11 Å². The molecular weight excluding hydrogens is 262 g/mol. The van der Waals surface area contributed by atoms with Crippen molar-refractivity contribution < 1.29 is 19.0 Å². The first-order chi connectivity index (χ1) is 9.69. The molecule has 1 fully saturated rings. The van der Waals surface area contributed by atoms with Crippen LogP contribution in [0.25, 0.3) is 11.0 Å². The van der Waals surface area contributed by atoms with Gasteiger partial charge >= 0.3 is 5.97 Å². The summed E-state index contributed by atoms with van der Waals surface area (Å²) in [5.41, 5.74) is 2.14. The molecular formula is C13H13N3O4. The largest absolute Gasteiger partial charge is 0.469 e. The van der Waals surface area contributed by atoms with Crippen LogP contribution in [0.15, 0.2) is 22.8 Å². The maximum Gasteiger partial charge on any atom is 0.310 e. The standard InChI is InChI=1S/C13H13N3O4/c1-19-13(18)9-5-11(17)16(7-9)6-8-3-2-4-10-12(8)15-20-14-10/h2-4,9H,5-7H2,1H3. The van der Waals surface area contributed by atoms with Crippen LogP contribution in [-0.2, 0) is 20.9 Å². The molecule has 3 rings (SSSR count). The summed E-state index contributed by atoms with van der Waals surface area (Å²) in [5.74, 6) is -0.793. The highest BCUT2D eigenvalue weighted by Gasteiger charge is 2.35. The fourth-order valence-corrected chi connectivity index (χ4v) is 2.44. The molecule has 7 nitrogen and oxygen atoms in total. The Morgan fingerprint density at radius 2 is 2.35 bits per heavy atom. The molecule has 1 aliphatic heterocycles. The van der Waals surface area contributed by atoms with E-state index in [1.807, 2.05) is 12.1 Å². The predicted molar refractivity (Wildman–Crippen MR) is 67.3 cm³/mol. The van der Waals surface area contributed by atoms with Crippen molar-refractivity contribution in [2.75, 3.05) is 13.7 Å². The number of hydrogen-bond acceptors (Lipinski definition) is 6. The maximum absolute atomic E-state index is 11.9. The van der Waals surface area contributed by atoms with E-state index in [-0.39, 0.29) is 24.2 Å². The van der Waals surface area contributed by atoms with Crippen LogP contribution in [0.5, 0.6) is 0 Å². The van der Waals surface area contributed by atoms with Gasteiger partial charge < -0.3 is 9.64 Å². The monoisotopic (exact) mass is 275 g/mol. The van der Waals surface area contributed by atoms with Crippen LogP contribution in [-0.4, -0.2) is 40.7 Å². The first kappa shape index (κ1) is 12.6. The zero-order chi connectivity index (χ0) is 14.1. The molecule has 0 N–H and O–H groups in total. The quantitative estimate of drug-likeness (QED) is 0.768. The third-order valence-electron chi connectivity index (χ3n) is 3.48. The molecule has 2 aromatic rings. The maximum atomic E-state index is 11.9. The zero-order valence-electron chi connectivity index (χ0n) is 10.9. The SMILES string of the molecule is COC(=O)C1CC(=O)N(Cc2cccc3nonc23)C1. The van der Waals surface area contributed by atoms with Gasteiger partial charge in [0.2, 0.25) is 5.91 Å². The number of aromatic nitrogens is 2. The summed E-state index contributed by atoms with van der Waals surface area (Å²) in [7, 11) is 1.33. The highest BCUT2D eigenvalue weighted by atomic mass is 16.6. The number of ether oxygens (including phenoxy) is 1. The van der Waals surface area contributed by atoms with Crippen LogP contribution >= 0.6 is 0 Å². The third kappa shape index (κ3) is 2.11. The smallest absolute Gasteiger partial charge is 0.310 e. The van der Waals surface area contributed by atoms with Crippen LogP contribution in [0.4, 0.5) is 0 Å². The number of fused-ring (bicyclic) bond motifs is 1. The minimum absolute atomic E-state index is 0.0612. The second-order valence-corrected chi connectivity index (χ2v) is 4.75. The highest BCUT2D eigenvalue weighted by Crippen LogP contribution is 2.23. The molecule has 1 aromatic heterocycles. The van der Waals surface area contributed by atoms with Crippen molar-refractivity contribution in [2.24, 2.45) is 5.92 Å². The van der Waals surface area contributed by atoms with Gasteiger partial charge in [0.1, 0.15) is 11.0 Å². The van der Waals surface area contributed by atoms with Crippen molar-refractivity contribution >= 4 is 22.9 Å². The molecule has 1 aromatic carbocycles. The number of hydrogen-bond donors (Lipinski definition) is 0. The van der Waals surface area contributed by atoms with Crippen LogP contribution in [0.2, 0.25) is 0 Å². The van der Waals surface area contributed by atoms with Crippen molar-refractivity contribution in [3.63, 3.8) is 0 Å². The van der Waals surface area contributed by atoms with Gasteiger partial charge in [-0.2, -0.15) is 0 Å². The minimum atomic E-state index is -0.387. The molecule has 1 unspecified atom stereocenters. The van der Waals surface area contributed by atoms with E-state index >= 15 is 0 Å². The summed E-state index contributed by atoms with van der Waals surface area (Å²) in [6.45, 7) is 0.755. The van der Waals surface area contributed by atoms with Gasteiger partial charge in [-0.3, -0.25) is 9.59 Å². The van der Waals surface area contributed by atoms with Crippen molar-refractivity contribution in [3.05, 3.63) is 23.8 Å². The molecule has 1 aliphatic rings. The van der Waals surface area contributed by atoms with Crippen molar-refractivity contribution in [1.29, 1.82) is 0 Å². The number of amides is 1. The topological polar surface area (TPSA) is 85.5 Å². The van der Waals surface area contributed by atoms with Gasteiger partial charge in [0.25, 0.3) is 0 Å². The number of likely N-dealkylation sites (tertiary alicyclic amines) is 1. The van der Waals surface area contributed by atoms with E-state index in [0.717, 1.165) is 5.56 Å². The van der Waals surface area contributed by atoms with Gasteiger partial charge in [0.15, 0.2) is 0 Å². The molecule has 7 heteroatoms. The van der Waals surface area contributed by atoms with Gasteiger partial charge in [0.05, 0.1) is 13.0 Å². The number of methoxy groups -OCH3 is 1. The van der Waals surface area contributed by atoms with Crippen LogP contribution in [0.3, 0.4) is 0 Å². The molecule has 20 heavy (non-hydrogen) atoms. The van der Waals surface area contributed by atoms with E-state index in [0.29, 0.717) is 24.1 Å². The van der Waals surface area contributed by atoms with Crippen LogP contribution in [0.1, 0.15) is 12.0 Å². The van der Waals surface area contributed by atoms with Gasteiger partial charge in [-0.25, -0.2) is 4.63 Å². The second-order valence-electron chi connectivity index (χ2n) is 4.75. The third-order valence-corrected chi connectivity index (χ3v) is 3.48. The zero-order valence-corrected chi connectivity index (χ0v) is 10.9. The normalized spacial score (nSPS) is 18.8. The molecule has 0 spiro atoms. The molecule has 0 radical (unpaired) electrons. The average molecular weight is 275 g/mol. The molecule has 0 bridgehead atoms. The summed E-state index contributed by atoms with van der Waals surface area (Å²) in [5, 5.41) is 7.61. The first-order valence-corrected chi connectivity index (χ1v) is 6.25. The number of carbonyl (C=O) groups is 2. The highest BCUT2D eigenvalue weighted by molar-refractivity contribution is 5.87. The van der Waals surface area contributed by atoms with Crippen molar-refractivity contribution in [2.45, 2.75) is 13.0 Å². The van der Waals surface area contributed by atoms with Crippen molar-refractivity contribution in [3.8, 4) is 0 Å². The van der Waals surface area contributed by atoms with Gasteiger partial charge in [0, 0.05) is 25.1 Å². The lowest BCUT2D eigenvalue weighted by Gasteiger charge is -2.16. The summed E-state index contributed by atoms with van der Waals surface area (Å²) in [6.07, 6.45) is 0.194. The lowest BCUT2D eigenvalue weighted by Crippen LogP contribution is -2.26. The number of nitrogens with zero attached hydrogens (tertiary/aromatic N) is 3. The molecule has 1 amide bonds. The van der Waals surface area contributed by atoms with Gasteiger partial charge in [-0.1, -0.05) is 12.1 Å². The summed E-state index contributed by atoms with van der Waals surface area (Å²) in [6, 6.07) is 5.49. The summed E-state index contributed by atoms with van der Waals surface area (Å²) < 4.78 is 9.38. The van der Waals surface area contributed by atoms with E-state index in [1.54, 1.807) is 11.0 Å². The van der Waals surface area contributed by atoms with E-state index in [2.05, 4.69) is 15.1 Å². The molecule has 0 saturated carbocycles. The summed E-state index contributed by atoms with van der Waals surface area (Å²) >= 11 is 0. The lowest BCUT2D eigenvalue weighted by atomic mass is 10.1. The average Bonchev–Trinajstić information content (AvgIpc) is 3.06. The number of esters is 1. The van der Waals surface area contributed by atoms with E-state index < -0.39 is 0 Å². The fourth-order valence-electron chi connectivity index (χ4n) is 2.44. The number of rotatable bonds is 3. The van der Waals surface area contributed by atoms with Gasteiger partial charge in [-0.15, -0.1) is 0 Å². The van der Waals surface area contributed by atoms with E-state index in [9.17, 15) is 9.59 Å². The summed E-state index contributed by atoms with van der Waals surface area (Å²) in [4.78, 5) is 25.1. The van der Waals surface area contributed by atoms with Crippen LogP contribution in [0, 0.1) is 5.92 Å². The Morgan fingerprint density at radius 1 is 1.50 bits per heavy atom. The van der Waals surface area contributed by atoms with Crippen LogP contribution < -0.4 is 0 Å². The first-order valence-electron chi connectivity index (χ1n) is 6.25. The fraction of sp³-hybridized carbons (Fsp3) is 0.385. The molecule has 1 atom stereocenters. The van der Waals surface area contributed by atoms with E-state index in [4.69, 9.17) is 4.63 Å².